The lowest BCUT2D eigenvalue weighted by Crippen LogP contribution is -2.25. The van der Waals surface area contributed by atoms with Gasteiger partial charge in [-0.05, 0) is 49.2 Å². The van der Waals surface area contributed by atoms with Gasteiger partial charge in [0.25, 0.3) is 11.5 Å². The fraction of sp³-hybridized carbons (Fsp3) is 0.200. The van der Waals surface area contributed by atoms with Crippen molar-refractivity contribution in [2.45, 2.75) is 13.3 Å². The largest absolute Gasteiger partial charge is 0.395 e. The lowest BCUT2D eigenvalue weighted by molar-refractivity contribution is 0.0954. The molecule has 0 spiro atoms. The molecule has 0 unspecified atom stereocenters. The topological polar surface area (TPSA) is 109 Å². The SMILES string of the molecule is Cc1nc(NCCO)nc2c1ccc(=O)n2-c1ccc(C(=O)NCCc2ccccc2)cc1. The smallest absolute Gasteiger partial charge is 0.256 e. The van der Waals surface area contributed by atoms with E-state index in [-0.39, 0.29) is 18.1 Å². The van der Waals surface area contributed by atoms with Gasteiger partial charge >= 0.3 is 0 Å². The van der Waals surface area contributed by atoms with E-state index in [9.17, 15) is 9.59 Å². The molecule has 0 saturated carbocycles. The summed E-state index contributed by atoms with van der Waals surface area (Å²) < 4.78 is 1.49. The number of amides is 1. The number of aryl methyl sites for hydroxylation is 1. The maximum Gasteiger partial charge on any atom is 0.256 e. The Labute approximate surface area is 191 Å². The minimum absolute atomic E-state index is 0.0586. The Morgan fingerprint density at radius 1 is 0.970 bits per heavy atom. The molecule has 4 rings (SSSR count). The van der Waals surface area contributed by atoms with E-state index in [0.29, 0.717) is 41.6 Å². The highest BCUT2D eigenvalue weighted by Crippen LogP contribution is 2.19. The number of anilines is 1. The Balaban J connectivity index is 1.57. The maximum absolute atomic E-state index is 12.7. The van der Waals surface area contributed by atoms with Gasteiger partial charge in [0.2, 0.25) is 5.95 Å². The zero-order chi connectivity index (χ0) is 23.2. The van der Waals surface area contributed by atoms with Crippen LogP contribution in [0.5, 0.6) is 0 Å². The molecule has 0 aliphatic carbocycles. The Bertz CT molecular complexity index is 1320. The van der Waals surface area contributed by atoms with E-state index in [1.807, 2.05) is 37.3 Å². The number of aliphatic hydroxyl groups is 1. The predicted molar refractivity (Wildman–Crippen MR) is 128 cm³/mol. The average molecular weight is 444 g/mol. The molecule has 0 aliphatic heterocycles. The Kier molecular flexibility index (Phi) is 6.75. The molecule has 3 N–H and O–H groups in total. The van der Waals surface area contributed by atoms with Gasteiger partial charge in [-0.2, -0.15) is 4.98 Å². The second-order valence-corrected chi connectivity index (χ2v) is 7.57. The third-order valence-corrected chi connectivity index (χ3v) is 5.27. The molecule has 0 fully saturated rings. The quantitative estimate of drug-likeness (QED) is 0.386. The number of hydrogen-bond acceptors (Lipinski definition) is 6. The minimum atomic E-state index is -0.242. The van der Waals surface area contributed by atoms with E-state index in [1.54, 1.807) is 30.3 Å². The Morgan fingerprint density at radius 2 is 1.73 bits per heavy atom. The van der Waals surface area contributed by atoms with Crippen molar-refractivity contribution in [1.82, 2.24) is 19.9 Å². The predicted octanol–water partition coefficient (Wildman–Crippen LogP) is 2.47. The number of rotatable bonds is 8. The van der Waals surface area contributed by atoms with Crippen LogP contribution in [0, 0.1) is 6.92 Å². The minimum Gasteiger partial charge on any atom is -0.395 e. The van der Waals surface area contributed by atoms with Gasteiger partial charge in [0.1, 0.15) is 0 Å². The summed E-state index contributed by atoms with van der Waals surface area (Å²) in [6.45, 7) is 2.62. The summed E-state index contributed by atoms with van der Waals surface area (Å²) in [5.74, 6) is 0.166. The van der Waals surface area contributed by atoms with Crippen LogP contribution in [0.25, 0.3) is 16.7 Å². The molecule has 0 radical (unpaired) electrons. The number of aliphatic hydroxyl groups excluding tert-OH is 1. The Hall–Kier alpha value is -4.04. The van der Waals surface area contributed by atoms with Gasteiger partial charge in [-0.3, -0.25) is 14.2 Å². The Morgan fingerprint density at radius 3 is 2.45 bits per heavy atom. The fourth-order valence-electron chi connectivity index (χ4n) is 3.59. The highest BCUT2D eigenvalue weighted by molar-refractivity contribution is 5.94. The zero-order valence-electron chi connectivity index (χ0n) is 18.3. The number of carbonyl (C=O) groups is 1. The first-order chi connectivity index (χ1) is 16.1. The van der Waals surface area contributed by atoms with Crippen LogP contribution >= 0.6 is 0 Å². The van der Waals surface area contributed by atoms with Crippen LogP contribution in [0.15, 0.2) is 71.5 Å². The maximum atomic E-state index is 12.7. The van der Waals surface area contributed by atoms with Crippen molar-refractivity contribution < 1.29 is 9.90 Å². The lowest BCUT2D eigenvalue weighted by atomic mass is 10.1. The van der Waals surface area contributed by atoms with Crippen LogP contribution in [0.4, 0.5) is 5.95 Å². The number of carbonyl (C=O) groups excluding carboxylic acids is 1. The molecular weight excluding hydrogens is 418 g/mol. The highest BCUT2D eigenvalue weighted by atomic mass is 16.3. The number of benzene rings is 2. The highest BCUT2D eigenvalue weighted by Gasteiger charge is 2.13. The van der Waals surface area contributed by atoms with Crippen LogP contribution in [0.1, 0.15) is 21.6 Å². The standard InChI is InChI=1S/C25H25N5O3/c1-17-21-11-12-22(32)30(23(21)29-25(28-17)27-15-16-31)20-9-7-19(8-10-20)24(33)26-14-13-18-5-3-2-4-6-18/h2-12,31H,13-16H2,1H3,(H,26,33)(H,27,28,29). The van der Waals surface area contributed by atoms with Gasteiger partial charge in [-0.15, -0.1) is 0 Å². The van der Waals surface area contributed by atoms with Gasteiger partial charge in [0.05, 0.1) is 18.0 Å². The number of aromatic nitrogens is 3. The summed E-state index contributed by atoms with van der Waals surface area (Å²) >= 11 is 0. The summed E-state index contributed by atoms with van der Waals surface area (Å²) in [5.41, 5.74) is 3.19. The fourth-order valence-corrected chi connectivity index (χ4v) is 3.59. The molecule has 8 nitrogen and oxygen atoms in total. The van der Waals surface area contributed by atoms with Gasteiger partial charge in [0.15, 0.2) is 5.65 Å². The van der Waals surface area contributed by atoms with E-state index in [2.05, 4.69) is 20.6 Å². The van der Waals surface area contributed by atoms with E-state index in [1.165, 1.54) is 10.6 Å². The third-order valence-electron chi connectivity index (χ3n) is 5.27. The number of pyridine rings is 1. The van der Waals surface area contributed by atoms with Crippen molar-refractivity contribution >= 4 is 22.9 Å². The van der Waals surface area contributed by atoms with Gasteiger partial charge in [0, 0.05) is 30.1 Å². The molecular formula is C25H25N5O3. The van der Waals surface area contributed by atoms with Crippen LogP contribution in [0.2, 0.25) is 0 Å². The van der Waals surface area contributed by atoms with Crippen LogP contribution in [-0.4, -0.2) is 45.2 Å². The van der Waals surface area contributed by atoms with Gasteiger partial charge in [-0.25, -0.2) is 4.98 Å². The molecule has 2 heterocycles. The lowest BCUT2D eigenvalue weighted by Gasteiger charge is -2.13. The number of nitrogens with zero attached hydrogens (tertiary/aromatic N) is 3. The second kappa shape index (κ2) is 10.1. The van der Waals surface area contributed by atoms with Gasteiger partial charge < -0.3 is 15.7 Å². The van der Waals surface area contributed by atoms with Crippen molar-refractivity contribution in [3.05, 3.63) is 93.9 Å². The van der Waals surface area contributed by atoms with Crippen LogP contribution in [0.3, 0.4) is 0 Å². The van der Waals surface area contributed by atoms with Crippen molar-refractivity contribution in [3.63, 3.8) is 0 Å². The zero-order valence-corrected chi connectivity index (χ0v) is 18.3. The third kappa shape index (κ3) is 5.07. The molecule has 2 aromatic heterocycles. The number of hydrogen-bond donors (Lipinski definition) is 3. The molecule has 168 valence electrons. The molecule has 8 heteroatoms. The van der Waals surface area contributed by atoms with E-state index < -0.39 is 0 Å². The van der Waals surface area contributed by atoms with Crippen molar-refractivity contribution in [1.29, 1.82) is 0 Å². The molecule has 1 amide bonds. The number of fused-ring (bicyclic) bond motifs is 1. The van der Waals surface area contributed by atoms with Crippen molar-refractivity contribution in [2.24, 2.45) is 0 Å². The summed E-state index contributed by atoms with van der Waals surface area (Å²) in [4.78, 5) is 34.1. The summed E-state index contributed by atoms with van der Waals surface area (Å²) in [6.07, 6.45) is 0.752. The molecule has 0 saturated heterocycles. The molecule has 0 bridgehead atoms. The molecule has 2 aromatic carbocycles. The first-order valence-corrected chi connectivity index (χ1v) is 10.7. The first-order valence-electron chi connectivity index (χ1n) is 10.7. The van der Waals surface area contributed by atoms with E-state index in [4.69, 9.17) is 5.11 Å². The average Bonchev–Trinajstić information content (AvgIpc) is 2.83. The first kappa shape index (κ1) is 22.2. The van der Waals surface area contributed by atoms with Crippen molar-refractivity contribution in [3.8, 4) is 5.69 Å². The van der Waals surface area contributed by atoms with E-state index in [0.717, 1.165) is 17.4 Å². The summed E-state index contributed by atoms with van der Waals surface area (Å²) in [5, 5.41) is 15.7. The summed E-state index contributed by atoms with van der Waals surface area (Å²) in [6, 6.07) is 20.0. The van der Waals surface area contributed by atoms with Crippen LogP contribution < -0.4 is 16.2 Å². The van der Waals surface area contributed by atoms with Gasteiger partial charge in [-0.1, -0.05) is 30.3 Å². The molecule has 0 aliphatic rings. The van der Waals surface area contributed by atoms with Crippen molar-refractivity contribution in [2.75, 3.05) is 25.0 Å². The monoisotopic (exact) mass is 443 g/mol. The number of nitrogens with one attached hydrogen (secondary N) is 2. The molecule has 4 aromatic rings. The van der Waals surface area contributed by atoms with Crippen LogP contribution in [-0.2, 0) is 6.42 Å². The second-order valence-electron chi connectivity index (χ2n) is 7.57. The van der Waals surface area contributed by atoms with E-state index >= 15 is 0 Å². The normalized spacial score (nSPS) is 10.8. The molecule has 0 atom stereocenters. The summed E-state index contributed by atoms with van der Waals surface area (Å²) in [7, 11) is 0. The molecule has 33 heavy (non-hydrogen) atoms.